The summed E-state index contributed by atoms with van der Waals surface area (Å²) in [6.45, 7) is 5.20. The predicted molar refractivity (Wildman–Crippen MR) is 56.0 cm³/mol. The summed E-state index contributed by atoms with van der Waals surface area (Å²) in [5.74, 6) is 0.290. The van der Waals surface area contributed by atoms with E-state index < -0.39 is 0 Å². The molecule has 0 spiro atoms. The number of carbonyl (C=O) groups excluding carboxylic acids is 1. The lowest BCUT2D eigenvalue weighted by molar-refractivity contribution is -0.148. The predicted octanol–water partition coefficient (Wildman–Crippen LogP) is 1.57. The second-order valence-electron chi connectivity index (χ2n) is 4.35. The molecule has 1 fully saturated rings. The van der Waals surface area contributed by atoms with Crippen molar-refractivity contribution in [3.63, 3.8) is 0 Å². The number of hydrogen-bond acceptors (Lipinski definition) is 3. The molecule has 14 heavy (non-hydrogen) atoms. The summed E-state index contributed by atoms with van der Waals surface area (Å²) in [4.78, 5) is 11.6. The van der Waals surface area contributed by atoms with Gasteiger partial charge in [-0.1, -0.05) is 20.3 Å². The lowest BCUT2D eigenvalue weighted by atomic mass is 9.84. The van der Waals surface area contributed by atoms with Crippen LogP contribution < -0.4 is 5.32 Å². The van der Waals surface area contributed by atoms with Crippen molar-refractivity contribution in [3.8, 4) is 0 Å². The highest BCUT2D eigenvalue weighted by Gasteiger charge is 2.32. The molecule has 0 aliphatic carbocycles. The lowest BCUT2D eigenvalue weighted by Gasteiger charge is -2.31. The molecule has 1 N–H and O–H groups in total. The number of carbonyl (C=O) groups is 1. The standard InChI is InChI=1S/C11H21NO2/c1-8(2)10(11(13)14-3)9-6-4-5-7-12-9/h8-10,12H,4-7H2,1-3H3. The van der Waals surface area contributed by atoms with E-state index in [-0.39, 0.29) is 11.9 Å². The van der Waals surface area contributed by atoms with Crippen LogP contribution in [-0.4, -0.2) is 25.7 Å². The van der Waals surface area contributed by atoms with Crippen LogP contribution in [0, 0.1) is 11.8 Å². The van der Waals surface area contributed by atoms with Crippen molar-refractivity contribution < 1.29 is 9.53 Å². The fourth-order valence-corrected chi connectivity index (χ4v) is 2.22. The second kappa shape index (κ2) is 5.35. The highest BCUT2D eigenvalue weighted by molar-refractivity contribution is 5.73. The maximum atomic E-state index is 11.6. The largest absolute Gasteiger partial charge is 0.469 e. The summed E-state index contributed by atoms with van der Waals surface area (Å²) in [5.41, 5.74) is 0. The summed E-state index contributed by atoms with van der Waals surface area (Å²) < 4.78 is 4.85. The van der Waals surface area contributed by atoms with Crippen molar-refractivity contribution in [2.75, 3.05) is 13.7 Å². The average molecular weight is 199 g/mol. The zero-order valence-electron chi connectivity index (χ0n) is 9.38. The van der Waals surface area contributed by atoms with Gasteiger partial charge in [0.05, 0.1) is 13.0 Å². The Morgan fingerprint density at radius 3 is 2.57 bits per heavy atom. The van der Waals surface area contributed by atoms with Crippen LogP contribution in [0.2, 0.25) is 0 Å². The molecule has 0 bridgehead atoms. The SMILES string of the molecule is COC(=O)C(C(C)C)C1CCCCN1. The molecule has 1 rings (SSSR count). The molecule has 1 aliphatic heterocycles. The smallest absolute Gasteiger partial charge is 0.310 e. The van der Waals surface area contributed by atoms with Gasteiger partial charge in [0.25, 0.3) is 0 Å². The maximum absolute atomic E-state index is 11.6. The van der Waals surface area contributed by atoms with Gasteiger partial charge in [-0.3, -0.25) is 4.79 Å². The third-order valence-electron chi connectivity index (χ3n) is 2.97. The van der Waals surface area contributed by atoms with Gasteiger partial charge in [0.1, 0.15) is 0 Å². The number of piperidine rings is 1. The van der Waals surface area contributed by atoms with Crippen LogP contribution in [-0.2, 0) is 9.53 Å². The lowest BCUT2D eigenvalue weighted by Crippen LogP contribution is -2.45. The minimum atomic E-state index is -0.0700. The van der Waals surface area contributed by atoms with E-state index in [0.29, 0.717) is 12.0 Å². The van der Waals surface area contributed by atoms with Crippen molar-refractivity contribution in [2.24, 2.45) is 11.8 Å². The van der Waals surface area contributed by atoms with E-state index in [2.05, 4.69) is 19.2 Å². The van der Waals surface area contributed by atoms with E-state index in [9.17, 15) is 4.79 Å². The van der Waals surface area contributed by atoms with Gasteiger partial charge in [-0.2, -0.15) is 0 Å². The van der Waals surface area contributed by atoms with Crippen molar-refractivity contribution in [2.45, 2.75) is 39.2 Å². The Kier molecular flexibility index (Phi) is 4.39. The van der Waals surface area contributed by atoms with E-state index >= 15 is 0 Å². The number of nitrogens with one attached hydrogen (secondary N) is 1. The number of hydrogen-bond donors (Lipinski definition) is 1. The third-order valence-corrected chi connectivity index (χ3v) is 2.97. The molecule has 0 radical (unpaired) electrons. The molecule has 0 aromatic heterocycles. The molecular formula is C11H21NO2. The van der Waals surface area contributed by atoms with Crippen molar-refractivity contribution in [1.29, 1.82) is 0 Å². The molecule has 0 aromatic carbocycles. The Morgan fingerprint density at radius 2 is 2.14 bits per heavy atom. The van der Waals surface area contributed by atoms with E-state index in [4.69, 9.17) is 4.74 Å². The van der Waals surface area contributed by atoms with Crippen LogP contribution in [0.15, 0.2) is 0 Å². The van der Waals surface area contributed by atoms with Crippen molar-refractivity contribution in [1.82, 2.24) is 5.32 Å². The summed E-state index contributed by atoms with van der Waals surface area (Å²) in [7, 11) is 1.47. The van der Waals surface area contributed by atoms with Gasteiger partial charge in [0.2, 0.25) is 0 Å². The van der Waals surface area contributed by atoms with Crippen LogP contribution >= 0.6 is 0 Å². The number of esters is 1. The molecule has 3 heteroatoms. The van der Waals surface area contributed by atoms with E-state index in [1.807, 2.05) is 0 Å². The molecule has 0 saturated carbocycles. The monoisotopic (exact) mass is 199 g/mol. The van der Waals surface area contributed by atoms with E-state index in [0.717, 1.165) is 13.0 Å². The molecule has 1 heterocycles. The molecule has 82 valence electrons. The first-order valence-electron chi connectivity index (χ1n) is 5.48. The topological polar surface area (TPSA) is 38.3 Å². The molecule has 0 aromatic rings. The van der Waals surface area contributed by atoms with Crippen LogP contribution in [0.5, 0.6) is 0 Å². The molecular weight excluding hydrogens is 178 g/mol. The first-order valence-corrected chi connectivity index (χ1v) is 5.48. The summed E-state index contributed by atoms with van der Waals surface area (Å²) in [6.07, 6.45) is 3.54. The highest BCUT2D eigenvalue weighted by atomic mass is 16.5. The first-order chi connectivity index (χ1) is 6.66. The zero-order chi connectivity index (χ0) is 10.6. The Hall–Kier alpha value is -0.570. The van der Waals surface area contributed by atoms with Gasteiger partial charge >= 0.3 is 5.97 Å². The van der Waals surface area contributed by atoms with Crippen LogP contribution in [0.4, 0.5) is 0 Å². The van der Waals surface area contributed by atoms with Gasteiger partial charge in [-0.15, -0.1) is 0 Å². The number of ether oxygens (including phenoxy) is 1. The van der Waals surface area contributed by atoms with Gasteiger partial charge in [-0.05, 0) is 25.3 Å². The maximum Gasteiger partial charge on any atom is 0.310 e. The zero-order valence-corrected chi connectivity index (χ0v) is 9.38. The third kappa shape index (κ3) is 2.71. The molecule has 1 saturated heterocycles. The van der Waals surface area contributed by atoms with Crippen molar-refractivity contribution >= 4 is 5.97 Å². The Bertz CT molecular complexity index is 186. The van der Waals surface area contributed by atoms with E-state index in [1.54, 1.807) is 0 Å². The van der Waals surface area contributed by atoms with E-state index in [1.165, 1.54) is 20.0 Å². The molecule has 2 atom stereocenters. The quantitative estimate of drug-likeness (QED) is 0.701. The van der Waals surface area contributed by atoms with Crippen molar-refractivity contribution in [3.05, 3.63) is 0 Å². The molecule has 1 aliphatic rings. The minimum absolute atomic E-state index is 0.0142. The summed E-state index contributed by atoms with van der Waals surface area (Å²) >= 11 is 0. The second-order valence-corrected chi connectivity index (χ2v) is 4.35. The van der Waals surface area contributed by atoms with Crippen LogP contribution in [0.3, 0.4) is 0 Å². The Labute approximate surface area is 86.2 Å². The number of rotatable bonds is 3. The summed E-state index contributed by atoms with van der Waals surface area (Å²) in [6, 6.07) is 0.316. The van der Waals surface area contributed by atoms with Crippen LogP contribution in [0.1, 0.15) is 33.1 Å². The first kappa shape index (κ1) is 11.5. The van der Waals surface area contributed by atoms with Crippen LogP contribution in [0.25, 0.3) is 0 Å². The average Bonchev–Trinajstić information content (AvgIpc) is 2.19. The Balaban J connectivity index is 2.60. The molecule has 3 nitrogen and oxygen atoms in total. The Morgan fingerprint density at radius 1 is 1.43 bits per heavy atom. The van der Waals surface area contributed by atoms with Gasteiger partial charge < -0.3 is 10.1 Å². The van der Waals surface area contributed by atoms with Gasteiger partial charge in [-0.25, -0.2) is 0 Å². The molecule has 2 unspecified atom stereocenters. The fourth-order valence-electron chi connectivity index (χ4n) is 2.22. The molecule has 0 amide bonds. The van der Waals surface area contributed by atoms with Gasteiger partial charge in [0, 0.05) is 6.04 Å². The normalized spacial score (nSPS) is 24.7. The fraction of sp³-hybridized carbons (Fsp3) is 0.909. The minimum Gasteiger partial charge on any atom is -0.469 e. The number of methoxy groups -OCH3 is 1. The highest BCUT2D eigenvalue weighted by Crippen LogP contribution is 2.23. The summed E-state index contributed by atoms with van der Waals surface area (Å²) in [5, 5.41) is 3.41. The van der Waals surface area contributed by atoms with Gasteiger partial charge in [0.15, 0.2) is 0 Å².